The Morgan fingerprint density at radius 3 is 2.35 bits per heavy atom. The van der Waals surface area contributed by atoms with Crippen LogP contribution < -0.4 is 15.8 Å². The summed E-state index contributed by atoms with van der Waals surface area (Å²) in [6.07, 6.45) is 4.02. The molecule has 2 amide bonds. The number of nitrogens with two attached hydrogens (primary N) is 1. The van der Waals surface area contributed by atoms with Gasteiger partial charge in [0.1, 0.15) is 5.75 Å². The molecule has 0 aliphatic heterocycles. The van der Waals surface area contributed by atoms with E-state index < -0.39 is 0 Å². The normalized spacial score (nSPS) is 17.6. The number of carbonyl (C=O) groups is 2. The highest BCUT2D eigenvalue weighted by Gasteiger charge is 2.31. The number of rotatable bonds is 7. The van der Waals surface area contributed by atoms with Gasteiger partial charge in [-0.1, -0.05) is 49.2 Å². The van der Waals surface area contributed by atoms with Crippen molar-refractivity contribution in [1.82, 2.24) is 4.90 Å². The smallest absolute Gasteiger partial charge is 0.255 e. The van der Waals surface area contributed by atoms with Gasteiger partial charge in [0.15, 0.2) is 0 Å². The van der Waals surface area contributed by atoms with E-state index in [1.165, 1.54) is 0 Å². The van der Waals surface area contributed by atoms with Crippen LogP contribution >= 0.6 is 0 Å². The van der Waals surface area contributed by atoms with E-state index in [0.29, 0.717) is 29.1 Å². The van der Waals surface area contributed by atoms with E-state index in [4.69, 9.17) is 10.5 Å². The lowest BCUT2D eigenvalue weighted by molar-refractivity contribution is 0.0583. The van der Waals surface area contributed by atoms with Crippen LogP contribution in [0.15, 0.2) is 78.9 Å². The molecule has 0 spiro atoms. The number of anilines is 1. The number of ether oxygens (including phenoxy) is 1. The Morgan fingerprint density at radius 1 is 0.941 bits per heavy atom. The first kappa shape index (κ1) is 23.5. The maximum Gasteiger partial charge on any atom is 0.255 e. The van der Waals surface area contributed by atoms with Gasteiger partial charge < -0.3 is 20.7 Å². The molecule has 176 valence electrons. The highest BCUT2D eigenvalue weighted by Crippen LogP contribution is 2.26. The van der Waals surface area contributed by atoms with Crippen LogP contribution in [-0.4, -0.2) is 35.9 Å². The Kier molecular flexibility index (Phi) is 7.60. The molecule has 2 unspecified atom stereocenters. The summed E-state index contributed by atoms with van der Waals surface area (Å²) in [5.41, 5.74) is 9.32. The molecular weight excluding hydrogens is 426 g/mol. The fraction of sp³-hybridized carbons (Fsp3) is 0.286. The van der Waals surface area contributed by atoms with Crippen molar-refractivity contribution < 1.29 is 14.3 Å². The van der Waals surface area contributed by atoms with E-state index in [-0.39, 0.29) is 23.9 Å². The monoisotopic (exact) mass is 457 g/mol. The molecule has 0 heterocycles. The first-order chi connectivity index (χ1) is 16.5. The minimum absolute atomic E-state index is 0.00152. The zero-order valence-corrected chi connectivity index (χ0v) is 19.4. The summed E-state index contributed by atoms with van der Waals surface area (Å²) in [5.74, 6) is 0.422. The number of nitrogens with one attached hydrogen (secondary N) is 1. The van der Waals surface area contributed by atoms with Crippen LogP contribution in [0.4, 0.5) is 5.69 Å². The number of hydrogen-bond acceptors (Lipinski definition) is 4. The van der Waals surface area contributed by atoms with Crippen molar-refractivity contribution >= 4 is 17.5 Å². The highest BCUT2D eigenvalue weighted by atomic mass is 16.5. The summed E-state index contributed by atoms with van der Waals surface area (Å²) < 4.78 is 5.20. The van der Waals surface area contributed by atoms with Gasteiger partial charge in [-0.15, -0.1) is 0 Å². The highest BCUT2D eigenvalue weighted by molar-refractivity contribution is 6.04. The van der Waals surface area contributed by atoms with Crippen LogP contribution in [0.25, 0.3) is 0 Å². The minimum atomic E-state index is -0.208. The van der Waals surface area contributed by atoms with Crippen molar-refractivity contribution in [3.63, 3.8) is 0 Å². The third-order valence-corrected chi connectivity index (χ3v) is 6.36. The quantitative estimate of drug-likeness (QED) is 0.531. The van der Waals surface area contributed by atoms with Gasteiger partial charge in [-0.25, -0.2) is 0 Å². The topological polar surface area (TPSA) is 84.7 Å². The predicted molar refractivity (Wildman–Crippen MR) is 134 cm³/mol. The zero-order valence-electron chi connectivity index (χ0n) is 19.4. The second kappa shape index (κ2) is 11.0. The number of carbonyl (C=O) groups excluding carboxylic acids is 2. The summed E-state index contributed by atoms with van der Waals surface area (Å²) in [4.78, 5) is 27.9. The van der Waals surface area contributed by atoms with E-state index in [9.17, 15) is 9.59 Å². The molecule has 3 N–H and O–H groups in total. The van der Waals surface area contributed by atoms with E-state index in [2.05, 4.69) is 5.32 Å². The number of hydrogen-bond donors (Lipinski definition) is 2. The van der Waals surface area contributed by atoms with Crippen LogP contribution in [0.2, 0.25) is 0 Å². The van der Waals surface area contributed by atoms with E-state index in [1.807, 2.05) is 59.5 Å². The van der Waals surface area contributed by atoms with Gasteiger partial charge in [0, 0.05) is 35.4 Å². The Hall–Kier alpha value is -3.64. The third kappa shape index (κ3) is 5.64. The third-order valence-electron chi connectivity index (χ3n) is 6.36. The molecule has 34 heavy (non-hydrogen) atoms. The Morgan fingerprint density at radius 2 is 1.65 bits per heavy atom. The van der Waals surface area contributed by atoms with Crippen LogP contribution in [0.3, 0.4) is 0 Å². The maximum atomic E-state index is 13.4. The lowest BCUT2D eigenvalue weighted by Gasteiger charge is -2.38. The van der Waals surface area contributed by atoms with Crippen molar-refractivity contribution in [3.8, 4) is 5.75 Å². The molecule has 3 aromatic carbocycles. The van der Waals surface area contributed by atoms with E-state index in [0.717, 1.165) is 31.2 Å². The van der Waals surface area contributed by atoms with Gasteiger partial charge in [-0.05, 0) is 60.9 Å². The van der Waals surface area contributed by atoms with Crippen molar-refractivity contribution in [3.05, 3.63) is 95.6 Å². The van der Waals surface area contributed by atoms with Gasteiger partial charge in [0.2, 0.25) is 0 Å². The van der Waals surface area contributed by atoms with Crippen molar-refractivity contribution in [1.29, 1.82) is 0 Å². The average molecular weight is 458 g/mol. The Labute approximate surface area is 200 Å². The van der Waals surface area contributed by atoms with Gasteiger partial charge in [0.25, 0.3) is 11.8 Å². The number of methoxy groups -OCH3 is 1. The molecule has 2 atom stereocenters. The summed E-state index contributed by atoms with van der Waals surface area (Å²) in [6.45, 7) is 0.468. The van der Waals surface area contributed by atoms with Gasteiger partial charge >= 0.3 is 0 Å². The Balaban J connectivity index is 1.49. The molecule has 1 aliphatic rings. The van der Waals surface area contributed by atoms with Gasteiger partial charge in [0.05, 0.1) is 7.11 Å². The molecule has 0 saturated heterocycles. The summed E-state index contributed by atoms with van der Waals surface area (Å²) in [5, 5.41) is 2.91. The number of benzene rings is 3. The Bertz CT molecular complexity index is 1120. The first-order valence-electron chi connectivity index (χ1n) is 11.7. The second-order valence-electron chi connectivity index (χ2n) is 8.70. The zero-order chi connectivity index (χ0) is 23.9. The molecule has 0 aromatic heterocycles. The molecule has 0 bridgehead atoms. The molecular formula is C28H31N3O3. The van der Waals surface area contributed by atoms with Crippen LogP contribution in [0, 0.1) is 0 Å². The summed E-state index contributed by atoms with van der Waals surface area (Å²) >= 11 is 0. The lowest BCUT2D eigenvalue weighted by atomic mass is 9.89. The van der Waals surface area contributed by atoms with E-state index >= 15 is 0 Å². The van der Waals surface area contributed by atoms with Crippen molar-refractivity contribution in [2.24, 2.45) is 5.73 Å². The van der Waals surface area contributed by atoms with Gasteiger partial charge in [-0.2, -0.15) is 0 Å². The lowest BCUT2D eigenvalue weighted by Crippen LogP contribution is -2.51. The standard InChI is InChI=1S/C28H31N3O3/c1-34-24-11-7-10-22(18-24)27(32)30-23-16-14-20(15-17-23)19-31(26-13-6-5-12-25(26)29)28(33)21-8-3-2-4-9-21/h2-4,7-11,14-18,25-26H,5-6,12-13,19,29H2,1H3,(H,30,32). The first-order valence-corrected chi connectivity index (χ1v) is 11.7. The largest absolute Gasteiger partial charge is 0.497 e. The molecule has 1 saturated carbocycles. The van der Waals surface area contributed by atoms with E-state index in [1.54, 1.807) is 31.4 Å². The summed E-state index contributed by atoms with van der Waals surface area (Å²) in [7, 11) is 1.57. The van der Waals surface area contributed by atoms with Crippen LogP contribution in [0.5, 0.6) is 5.75 Å². The average Bonchev–Trinajstić information content (AvgIpc) is 2.89. The molecule has 3 aromatic rings. The fourth-order valence-corrected chi connectivity index (χ4v) is 4.47. The number of nitrogens with zero attached hydrogens (tertiary/aromatic N) is 1. The molecule has 1 fully saturated rings. The predicted octanol–water partition coefficient (Wildman–Crippen LogP) is 4.86. The number of amides is 2. The molecule has 0 radical (unpaired) electrons. The second-order valence-corrected chi connectivity index (χ2v) is 8.70. The van der Waals surface area contributed by atoms with Crippen molar-refractivity contribution in [2.75, 3.05) is 12.4 Å². The molecule has 6 heteroatoms. The fourth-order valence-electron chi connectivity index (χ4n) is 4.47. The summed E-state index contributed by atoms with van der Waals surface area (Å²) in [6, 6.07) is 24.0. The van der Waals surface area contributed by atoms with Crippen LogP contribution in [0.1, 0.15) is 52.0 Å². The van der Waals surface area contributed by atoms with Gasteiger partial charge in [-0.3, -0.25) is 9.59 Å². The minimum Gasteiger partial charge on any atom is -0.497 e. The van der Waals surface area contributed by atoms with Crippen molar-refractivity contribution in [2.45, 2.75) is 44.3 Å². The molecule has 4 rings (SSSR count). The maximum absolute atomic E-state index is 13.4. The molecule has 6 nitrogen and oxygen atoms in total. The molecule has 1 aliphatic carbocycles. The van der Waals surface area contributed by atoms with Crippen LogP contribution in [-0.2, 0) is 6.54 Å². The SMILES string of the molecule is COc1cccc(C(=O)Nc2ccc(CN(C(=O)c3ccccc3)C3CCCCC3N)cc2)c1.